The van der Waals surface area contributed by atoms with Gasteiger partial charge < -0.3 is 14.7 Å². The van der Waals surface area contributed by atoms with Gasteiger partial charge in [0, 0.05) is 67.1 Å². The second-order valence-electron chi connectivity index (χ2n) is 6.18. The van der Waals surface area contributed by atoms with Crippen molar-refractivity contribution in [2.24, 2.45) is 0 Å². The summed E-state index contributed by atoms with van der Waals surface area (Å²) in [6.07, 6.45) is 0.324. The van der Waals surface area contributed by atoms with Crippen molar-refractivity contribution in [2.75, 3.05) is 45.0 Å². The molecule has 2 heterocycles. The number of hydrogen-bond acceptors (Lipinski definition) is 4. The van der Waals surface area contributed by atoms with Crippen molar-refractivity contribution in [3.8, 4) is 0 Å². The molecular weight excluding hydrogens is 397 g/mol. The Morgan fingerprint density at radius 2 is 1.58 bits per heavy atom. The van der Waals surface area contributed by atoms with Crippen molar-refractivity contribution in [3.05, 3.63) is 33.8 Å². The largest absolute Gasteiger partial charge is 0.339 e. The molecule has 3 rings (SSSR count). The maximum Gasteiger partial charge on any atom is 0.281 e. The van der Waals surface area contributed by atoms with E-state index in [0.29, 0.717) is 61.3 Å². The van der Waals surface area contributed by atoms with E-state index in [-0.39, 0.29) is 17.1 Å². The number of thioether (sulfide) groups is 1. The minimum absolute atomic E-state index is 0.0209. The molecule has 3 amide bonds. The summed E-state index contributed by atoms with van der Waals surface area (Å²) in [5.41, 5.74) is 0.451. The van der Waals surface area contributed by atoms with Crippen LogP contribution in [0.5, 0.6) is 0 Å². The van der Waals surface area contributed by atoms with Gasteiger partial charge in [-0.2, -0.15) is 0 Å². The smallest absolute Gasteiger partial charge is 0.281 e. The molecular formula is C17H19Cl2N3O3S. The van der Waals surface area contributed by atoms with Gasteiger partial charge in [-0.25, -0.2) is 0 Å². The molecule has 2 saturated heterocycles. The number of nitrogens with zero attached hydrogens (tertiary/aromatic N) is 3. The molecule has 0 saturated carbocycles. The summed E-state index contributed by atoms with van der Waals surface area (Å²) >= 11 is 13.2. The second kappa shape index (κ2) is 8.50. The predicted octanol–water partition coefficient (Wildman–Crippen LogP) is 2.84. The van der Waals surface area contributed by atoms with Gasteiger partial charge in [0.25, 0.3) is 11.1 Å². The Kier molecular flexibility index (Phi) is 6.32. The van der Waals surface area contributed by atoms with E-state index in [0.717, 1.165) is 5.75 Å². The molecule has 26 heavy (non-hydrogen) atoms. The molecule has 0 unspecified atom stereocenters. The lowest BCUT2D eigenvalue weighted by Gasteiger charge is -2.35. The minimum atomic E-state index is -0.138. The maximum absolute atomic E-state index is 12.6. The number of hydrogen-bond donors (Lipinski definition) is 0. The molecule has 140 valence electrons. The standard InChI is InChI=1S/C17H19Cl2N3O3S/c18-13-9-12(10-14(19)11-13)16(24)21-5-3-20(4-6-21)15(23)1-2-22-7-8-26-17(22)25/h9-11H,1-8H2. The fourth-order valence-electron chi connectivity index (χ4n) is 3.04. The number of rotatable bonds is 4. The number of piperazine rings is 1. The minimum Gasteiger partial charge on any atom is -0.339 e. The number of benzene rings is 1. The summed E-state index contributed by atoms with van der Waals surface area (Å²) in [7, 11) is 0. The van der Waals surface area contributed by atoms with E-state index in [1.54, 1.807) is 32.9 Å². The van der Waals surface area contributed by atoms with E-state index in [1.807, 2.05) is 0 Å². The Bertz CT molecular complexity index is 703. The molecule has 0 bridgehead atoms. The molecule has 0 spiro atoms. The van der Waals surface area contributed by atoms with E-state index in [9.17, 15) is 14.4 Å². The van der Waals surface area contributed by atoms with Crippen molar-refractivity contribution in [2.45, 2.75) is 6.42 Å². The average Bonchev–Trinajstić information content (AvgIpc) is 3.03. The van der Waals surface area contributed by atoms with Gasteiger partial charge in [0.05, 0.1) is 0 Å². The van der Waals surface area contributed by atoms with Crippen LogP contribution in [0, 0.1) is 0 Å². The highest BCUT2D eigenvalue weighted by molar-refractivity contribution is 8.13. The zero-order chi connectivity index (χ0) is 18.7. The van der Waals surface area contributed by atoms with Gasteiger partial charge in [0.1, 0.15) is 0 Å². The first-order chi connectivity index (χ1) is 12.4. The molecule has 6 nitrogen and oxygen atoms in total. The van der Waals surface area contributed by atoms with Crippen LogP contribution < -0.4 is 0 Å². The summed E-state index contributed by atoms with van der Waals surface area (Å²) in [4.78, 5) is 41.6. The molecule has 0 radical (unpaired) electrons. The lowest BCUT2D eigenvalue weighted by Crippen LogP contribution is -2.51. The molecule has 9 heteroatoms. The zero-order valence-corrected chi connectivity index (χ0v) is 16.4. The summed E-state index contributed by atoms with van der Waals surface area (Å²) in [5, 5.41) is 0.891. The highest BCUT2D eigenvalue weighted by Crippen LogP contribution is 2.21. The van der Waals surface area contributed by atoms with E-state index in [2.05, 4.69) is 0 Å². The molecule has 1 aromatic carbocycles. The van der Waals surface area contributed by atoms with E-state index in [4.69, 9.17) is 23.2 Å². The summed E-state index contributed by atoms with van der Waals surface area (Å²) in [6, 6.07) is 4.77. The Labute approximate surface area is 166 Å². The summed E-state index contributed by atoms with van der Waals surface area (Å²) in [5.74, 6) is 0.676. The fraction of sp³-hybridized carbons (Fsp3) is 0.471. The monoisotopic (exact) mass is 415 g/mol. The van der Waals surface area contributed by atoms with Crippen LogP contribution >= 0.6 is 35.0 Å². The van der Waals surface area contributed by atoms with Crippen molar-refractivity contribution >= 4 is 52.0 Å². The number of carbonyl (C=O) groups excluding carboxylic acids is 3. The van der Waals surface area contributed by atoms with Crippen LogP contribution in [0.15, 0.2) is 18.2 Å². The predicted molar refractivity (Wildman–Crippen MR) is 103 cm³/mol. The van der Waals surface area contributed by atoms with E-state index in [1.165, 1.54) is 11.8 Å². The second-order valence-corrected chi connectivity index (χ2v) is 8.10. The Morgan fingerprint density at radius 1 is 0.962 bits per heavy atom. The van der Waals surface area contributed by atoms with Crippen LogP contribution in [0.1, 0.15) is 16.8 Å². The lowest BCUT2D eigenvalue weighted by atomic mass is 10.1. The first kappa shape index (κ1) is 19.3. The van der Waals surface area contributed by atoms with E-state index < -0.39 is 0 Å². The van der Waals surface area contributed by atoms with Gasteiger partial charge in [-0.1, -0.05) is 35.0 Å². The molecule has 0 aliphatic carbocycles. The van der Waals surface area contributed by atoms with Crippen molar-refractivity contribution < 1.29 is 14.4 Å². The van der Waals surface area contributed by atoms with Gasteiger partial charge in [0.15, 0.2) is 0 Å². The first-order valence-electron chi connectivity index (χ1n) is 8.39. The molecule has 2 aliphatic heterocycles. The molecule has 2 fully saturated rings. The quantitative estimate of drug-likeness (QED) is 0.758. The Hall–Kier alpha value is -1.44. The molecule has 0 N–H and O–H groups in total. The Balaban J connectivity index is 1.49. The fourth-order valence-corrected chi connectivity index (χ4v) is 4.41. The number of halogens is 2. The highest BCUT2D eigenvalue weighted by Gasteiger charge is 2.27. The first-order valence-corrected chi connectivity index (χ1v) is 10.1. The van der Waals surface area contributed by atoms with Gasteiger partial charge in [-0.3, -0.25) is 14.4 Å². The summed E-state index contributed by atoms with van der Waals surface area (Å²) < 4.78 is 0. The lowest BCUT2D eigenvalue weighted by molar-refractivity contribution is -0.132. The molecule has 1 aromatic rings. The van der Waals surface area contributed by atoms with E-state index >= 15 is 0 Å². The van der Waals surface area contributed by atoms with Crippen LogP contribution in [-0.4, -0.2) is 76.8 Å². The van der Waals surface area contributed by atoms with Crippen LogP contribution in [0.4, 0.5) is 4.79 Å². The van der Waals surface area contributed by atoms with Crippen LogP contribution in [0.2, 0.25) is 10.0 Å². The molecule has 2 aliphatic rings. The van der Waals surface area contributed by atoms with Crippen LogP contribution in [0.3, 0.4) is 0 Å². The SMILES string of the molecule is O=C(CCN1CCSC1=O)N1CCN(C(=O)c2cc(Cl)cc(Cl)c2)CC1. The van der Waals surface area contributed by atoms with Crippen molar-refractivity contribution in [1.29, 1.82) is 0 Å². The third-order valence-corrected chi connectivity index (χ3v) is 5.80. The highest BCUT2D eigenvalue weighted by atomic mass is 35.5. The average molecular weight is 416 g/mol. The molecule has 0 aromatic heterocycles. The van der Waals surface area contributed by atoms with Gasteiger partial charge in [-0.05, 0) is 18.2 Å². The Morgan fingerprint density at radius 3 is 2.15 bits per heavy atom. The zero-order valence-electron chi connectivity index (χ0n) is 14.1. The topological polar surface area (TPSA) is 60.9 Å². The maximum atomic E-state index is 12.6. The van der Waals surface area contributed by atoms with Crippen LogP contribution in [-0.2, 0) is 4.79 Å². The van der Waals surface area contributed by atoms with Crippen LogP contribution in [0.25, 0.3) is 0 Å². The normalized spacial score (nSPS) is 17.8. The summed E-state index contributed by atoms with van der Waals surface area (Å²) in [6.45, 7) is 3.08. The number of amides is 3. The van der Waals surface area contributed by atoms with Gasteiger partial charge in [0.2, 0.25) is 5.91 Å². The third kappa shape index (κ3) is 4.64. The third-order valence-electron chi connectivity index (χ3n) is 4.47. The van der Waals surface area contributed by atoms with Gasteiger partial charge in [-0.15, -0.1) is 0 Å². The molecule has 0 atom stereocenters. The van der Waals surface area contributed by atoms with Gasteiger partial charge >= 0.3 is 0 Å². The number of carbonyl (C=O) groups is 3. The van der Waals surface area contributed by atoms with Crippen molar-refractivity contribution in [1.82, 2.24) is 14.7 Å². The van der Waals surface area contributed by atoms with Crippen molar-refractivity contribution in [3.63, 3.8) is 0 Å².